The van der Waals surface area contributed by atoms with Crippen molar-refractivity contribution in [1.29, 1.82) is 0 Å². The van der Waals surface area contributed by atoms with Crippen LogP contribution in [0.1, 0.15) is 22.3 Å². The molecule has 0 spiro atoms. The lowest BCUT2D eigenvalue weighted by Crippen LogP contribution is -2.29. The van der Waals surface area contributed by atoms with Crippen molar-refractivity contribution < 1.29 is 42.3 Å². The molecule has 190 valence electrons. The Bertz CT molecular complexity index is 1090. The molecule has 0 aliphatic carbocycles. The SMILES string of the molecule is CNC(=O)C(=O)CCONCc1cc(C(=O)NOCCO)c(Nc2ccc(I)cc2F)c(F)c1F. The molecule has 2 aromatic carbocycles. The van der Waals surface area contributed by atoms with E-state index in [-0.39, 0.29) is 30.9 Å². The summed E-state index contributed by atoms with van der Waals surface area (Å²) in [5.74, 6) is -6.10. The second-order valence-corrected chi connectivity index (χ2v) is 8.01. The quantitative estimate of drug-likeness (QED) is 0.100. The topological polar surface area (TPSA) is 138 Å². The molecule has 14 heteroatoms. The molecule has 0 aromatic heterocycles. The number of Topliss-reactive ketones (excluding diaryl/α,β-unsaturated/α-hetero) is 1. The number of hydrogen-bond acceptors (Lipinski definition) is 8. The fourth-order valence-corrected chi connectivity index (χ4v) is 3.10. The first-order valence-corrected chi connectivity index (χ1v) is 11.1. The molecule has 0 bridgehead atoms. The molecule has 35 heavy (non-hydrogen) atoms. The van der Waals surface area contributed by atoms with E-state index in [9.17, 15) is 27.6 Å². The molecule has 0 fully saturated rings. The Morgan fingerprint density at radius 1 is 1.06 bits per heavy atom. The summed E-state index contributed by atoms with van der Waals surface area (Å²) in [6, 6.07) is 4.97. The van der Waals surface area contributed by atoms with Gasteiger partial charge in [0.1, 0.15) is 5.82 Å². The van der Waals surface area contributed by atoms with Crippen LogP contribution in [0.15, 0.2) is 24.3 Å². The first kappa shape index (κ1) is 28.4. The third-order valence-electron chi connectivity index (χ3n) is 4.35. The number of halogens is 4. The Kier molecular flexibility index (Phi) is 11.3. The van der Waals surface area contributed by atoms with Crippen molar-refractivity contribution in [2.45, 2.75) is 13.0 Å². The second-order valence-electron chi connectivity index (χ2n) is 6.76. The number of hydrogen-bond donors (Lipinski definition) is 5. The van der Waals surface area contributed by atoms with Gasteiger partial charge in [-0.15, -0.1) is 0 Å². The van der Waals surface area contributed by atoms with Crippen molar-refractivity contribution in [2.24, 2.45) is 0 Å². The number of rotatable bonds is 13. The molecule has 5 N–H and O–H groups in total. The van der Waals surface area contributed by atoms with Gasteiger partial charge in [-0.2, -0.15) is 5.48 Å². The summed E-state index contributed by atoms with van der Waals surface area (Å²) in [5, 5.41) is 13.3. The van der Waals surface area contributed by atoms with E-state index in [0.29, 0.717) is 3.57 Å². The number of nitrogens with one attached hydrogen (secondary N) is 4. The number of carbonyl (C=O) groups is 3. The number of hydroxylamine groups is 2. The Hall–Kier alpha value is -2.79. The highest BCUT2D eigenvalue weighted by Crippen LogP contribution is 2.30. The Morgan fingerprint density at radius 3 is 2.46 bits per heavy atom. The van der Waals surface area contributed by atoms with Crippen molar-refractivity contribution in [2.75, 3.05) is 32.2 Å². The summed E-state index contributed by atoms with van der Waals surface area (Å²) in [6.45, 7) is -1.33. The third-order valence-corrected chi connectivity index (χ3v) is 5.02. The highest BCUT2D eigenvalue weighted by Gasteiger charge is 2.24. The number of anilines is 2. The van der Waals surface area contributed by atoms with Gasteiger partial charge >= 0.3 is 0 Å². The molecule has 0 radical (unpaired) electrons. The van der Waals surface area contributed by atoms with Gasteiger partial charge in [0.15, 0.2) is 11.6 Å². The molecule has 2 aromatic rings. The summed E-state index contributed by atoms with van der Waals surface area (Å²) >= 11 is 1.87. The van der Waals surface area contributed by atoms with E-state index in [1.165, 1.54) is 19.2 Å². The van der Waals surface area contributed by atoms with E-state index in [2.05, 4.69) is 16.1 Å². The summed E-state index contributed by atoms with van der Waals surface area (Å²) < 4.78 is 44.6. The van der Waals surface area contributed by atoms with Crippen LogP contribution in [-0.4, -0.2) is 49.6 Å². The molecular formula is C21H22F3IN4O6. The number of aliphatic hydroxyl groups is 1. The first-order chi connectivity index (χ1) is 16.7. The number of ketones is 1. The standard InChI is InChI=1S/C21H22F3IN4O6/c1-26-21(33)16(31)4-6-34-27-10-11-8-13(20(32)29-35-7-5-30)19(18(24)17(11)23)28-15-3-2-12(25)9-14(15)22/h2-3,8-9,27-28,30H,4-7,10H2,1H3,(H,26,33)(H,29,32). The lowest BCUT2D eigenvalue weighted by Gasteiger charge is -2.17. The highest BCUT2D eigenvalue weighted by molar-refractivity contribution is 14.1. The van der Waals surface area contributed by atoms with Crippen molar-refractivity contribution in [3.8, 4) is 0 Å². The molecule has 0 saturated carbocycles. The summed E-state index contributed by atoms with van der Waals surface area (Å²) in [4.78, 5) is 44.9. The Labute approximate surface area is 211 Å². The van der Waals surface area contributed by atoms with Crippen LogP contribution in [0.2, 0.25) is 0 Å². The molecule has 0 heterocycles. The minimum absolute atomic E-state index is 0.205. The van der Waals surface area contributed by atoms with Crippen LogP contribution in [0.25, 0.3) is 0 Å². The summed E-state index contributed by atoms with van der Waals surface area (Å²) in [6.07, 6.45) is -0.260. The van der Waals surface area contributed by atoms with Crippen molar-refractivity contribution in [1.82, 2.24) is 16.3 Å². The van der Waals surface area contributed by atoms with E-state index in [4.69, 9.17) is 14.8 Å². The fraction of sp³-hybridized carbons (Fsp3) is 0.286. The first-order valence-electron chi connectivity index (χ1n) is 10.0. The minimum atomic E-state index is -1.47. The van der Waals surface area contributed by atoms with Gasteiger partial charge in [-0.1, -0.05) is 0 Å². The van der Waals surface area contributed by atoms with Gasteiger partial charge in [-0.25, -0.2) is 18.7 Å². The average molecular weight is 610 g/mol. The van der Waals surface area contributed by atoms with E-state index in [0.717, 1.165) is 12.1 Å². The number of benzene rings is 2. The molecule has 0 unspecified atom stereocenters. The molecule has 0 saturated heterocycles. The molecule has 0 aliphatic heterocycles. The zero-order chi connectivity index (χ0) is 26.0. The van der Waals surface area contributed by atoms with Crippen LogP contribution >= 0.6 is 22.6 Å². The van der Waals surface area contributed by atoms with Crippen LogP contribution in [-0.2, 0) is 25.8 Å². The van der Waals surface area contributed by atoms with Crippen molar-refractivity contribution >= 4 is 51.6 Å². The zero-order valence-electron chi connectivity index (χ0n) is 18.3. The normalized spacial score (nSPS) is 10.7. The maximum atomic E-state index is 15.0. The molecule has 2 amide bonds. The van der Waals surface area contributed by atoms with Crippen LogP contribution in [0.5, 0.6) is 0 Å². The minimum Gasteiger partial charge on any atom is -0.394 e. The van der Waals surface area contributed by atoms with Gasteiger partial charge in [-0.3, -0.25) is 19.2 Å². The van der Waals surface area contributed by atoms with Gasteiger partial charge in [0, 0.05) is 29.1 Å². The maximum absolute atomic E-state index is 15.0. The third kappa shape index (κ3) is 8.14. The smallest absolute Gasteiger partial charge is 0.287 e. The fourth-order valence-electron chi connectivity index (χ4n) is 2.65. The van der Waals surface area contributed by atoms with E-state index >= 15 is 0 Å². The van der Waals surface area contributed by atoms with Gasteiger partial charge in [-0.05, 0) is 46.9 Å². The molecular weight excluding hydrogens is 588 g/mol. The highest BCUT2D eigenvalue weighted by atomic mass is 127. The molecule has 10 nitrogen and oxygen atoms in total. The van der Waals surface area contributed by atoms with Crippen LogP contribution in [0.4, 0.5) is 24.5 Å². The predicted molar refractivity (Wildman–Crippen MR) is 126 cm³/mol. The van der Waals surface area contributed by atoms with Crippen molar-refractivity contribution in [3.05, 3.63) is 56.4 Å². The number of carbonyl (C=O) groups excluding carboxylic acids is 3. The zero-order valence-corrected chi connectivity index (χ0v) is 20.5. The Balaban J connectivity index is 2.25. The van der Waals surface area contributed by atoms with Crippen LogP contribution in [0.3, 0.4) is 0 Å². The van der Waals surface area contributed by atoms with E-state index in [1.54, 1.807) is 0 Å². The maximum Gasteiger partial charge on any atom is 0.287 e. The summed E-state index contributed by atoms with van der Waals surface area (Å²) in [5.41, 5.74) is 2.69. The Morgan fingerprint density at radius 2 is 1.80 bits per heavy atom. The lowest BCUT2D eigenvalue weighted by atomic mass is 10.1. The second kappa shape index (κ2) is 13.9. The van der Waals surface area contributed by atoms with Crippen LogP contribution in [0, 0.1) is 21.0 Å². The van der Waals surface area contributed by atoms with Gasteiger partial charge in [0.05, 0.1) is 36.8 Å². The van der Waals surface area contributed by atoms with E-state index < -0.39 is 59.5 Å². The molecule has 0 aliphatic rings. The molecule has 0 atom stereocenters. The van der Waals surface area contributed by atoms with E-state index in [1.807, 2.05) is 28.1 Å². The molecule has 2 rings (SSSR count). The van der Waals surface area contributed by atoms with Gasteiger partial charge in [0.25, 0.3) is 11.8 Å². The number of amides is 2. The lowest BCUT2D eigenvalue weighted by molar-refractivity contribution is -0.138. The van der Waals surface area contributed by atoms with Crippen LogP contribution < -0.4 is 21.6 Å². The van der Waals surface area contributed by atoms with Gasteiger partial charge < -0.3 is 20.6 Å². The average Bonchev–Trinajstić information content (AvgIpc) is 2.83. The number of aliphatic hydroxyl groups excluding tert-OH is 1. The van der Waals surface area contributed by atoms with Gasteiger partial charge in [0.2, 0.25) is 5.78 Å². The van der Waals surface area contributed by atoms with Crippen molar-refractivity contribution in [3.63, 3.8) is 0 Å². The number of likely N-dealkylation sites (N-methyl/N-ethyl adjacent to an activating group) is 1. The predicted octanol–water partition coefficient (Wildman–Crippen LogP) is 1.83. The monoisotopic (exact) mass is 610 g/mol. The largest absolute Gasteiger partial charge is 0.394 e. The summed E-state index contributed by atoms with van der Waals surface area (Å²) in [7, 11) is 1.30.